The molecule has 0 spiro atoms. The molecule has 0 aliphatic heterocycles. The Bertz CT molecular complexity index is 569. The van der Waals surface area contributed by atoms with Gasteiger partial charge in [0.2, 0.25) is 0 Å². The van der Waals surface area contributed by atoms with Crippen molar-refractivity contribution in [3.63, 3.8) is 0 Å². The van der Waals surface area contributed by atoms with E-state index in [4.69, 9.17) is 5.73 Å². The predicted octanol–water partition coefficient (Wildman–Crippen LogP) is 2.87. The Morgan fingerprint density at radius 2 is 2.05 bits per heavy atom. The highest BCUT2D eigenvalue weighted by atomic mass is 32.1. The van der Waals surface area contributed by atoms with Gasteiger partial charge in [0, 0.05) is 19.2 Å². The summed E-state index contributed by atoms with van der Waals surface area (Å²) in [4.78, 5) is 12.4. The average molecular weight is 277 g/mol. The van der Waals surface area contributed by atoms with Crippen LogP contribution in [0.1, 0.15) is 11.1 Å². The molecular weight excluding hydrogens is 262 g/mol. The van der Waals surface area contributed by atoms with Gasteiger partial charge in [-0.3, -0.25) is 15.0 Å². The van der Waals surface area contributed by atoms with Crippen LogP contribution in [0, 0.1) is 10.1 Å². The van der Waals surface area contributed by atoms with Crippen molar-refractivity contribution in [2.45, 2.75) is 13.1 Å². The third-order valence-corrected chi connectivity index (χ3v) is 3.51. The molecule has 0 fully saturated rings. The van der Waals surface area contributed by atoms with Crippen molar-refractivity contribution in [2.24, 2.45) is 0 Å². The van der Waals surface area contributed by atoms with Gasteiger partial charge in [0.15, 0.2) is 0 Å². The summed E-state index contributed by atoms with van der Waals surface area (Å²) in [6, 6.07) is 6.97. The van der Waals surface area contributed by atoms with Crippen molar-refractivity contribution < 1.29 is 4.92 Å². The van der Waals surface area contributed by atoms with E-state index < -0.39 is 4.92 Å². The van der Waals surface area contributed by atoms with E-state index in [9.17, 15) is 10.1 Å². The van der Waals surface area contributed by atoms with Gasteiger partial charge < -0.3 is 5.73 Å². The number of hydrogen-bond donors (Lipinski definition) is 1. The Morgan fingerprint density at radius 3 is 2.63 bits per heavy atom. The number of nitrogens with two attached hydrogens (primary N) is 1. The lowest BCUT2D eigenvalue weighted by Gasteiger charge is -2.16. The topological polar surface area (TPSA) is 72.4 Å². The van der Waals surface area contributed by atoms with Crippen LogP contribution in [0.3, 0.4) is 0 Å². The third kappa shape index (κ3) is 3.52. The number of anilines is 1. The van der Waals surface area contributed by atoms with Gasteiger partial charge in [-0.1, -0.05) is 6.07 Å². The van der Waals surface area contributed by atoms with Crippen LogP contribution in [0.5, 0.6) is 0 Å². The molecule has 2 N–H and O–H groups in total. The maximum absolute atomic E-state index is 10.7. The first kappa shape index (κ1) is 13.5. The highest BCUT2D eigenvalue weighted by Crippen LogP contribution is 2.23. The molecule has 0 saturated carbocycles. The number of thiophene rings is 1. The molecule has 2 rings (SSSR count). The minimum atomic E-state index is -0.464. The molecule has 0 atom stereocenters. The van der Waals surface area contributed by atoms with Crippen LogP contribution < -0.4 is 5.73 Å². The fraction of sp³-hybridized carbons (Fsp3) is 0.231. The summed E-state index contributed by atoms with van der Waals surface area (Å²) in [6.07, 6.45) is 0. The normalized spacial score (nSPS) is 10.8. The van der Waals surface area contributed by atoms with E-state index >= 15 is 0 Å². The highest BCUT2D eigenvalue weighted by molar-refractivity contribution is 7.07. The van der Waals surface area contributed by atoms with Gasteiger partial charge in [0.1, 0.15) is 5.69 Å². The third-order valence-electron chi connectivity index (χ3n) is 2.77. The number of nitro groups is 1. The summed E-state index contributed by atoms with van der Waals surface area (Å²) < 4.78 is 0. The zero-order valence-corrected chi connectivity index (χ0v) is 11.4. The molecule has 6 heteroatoms. The molecule has 2 aromatic rings. The van der Waals surface area contributed by atoms with Crippen LogP contribution in [0.2, 0.25) is 0 Å². The van der Waals surface area contributed by atoms with Gasteiger partial charge in [-0.25, -0.2) is 0 Å². The number of nitrogen functional groups attached to an aromatic ring is 1. The van der Waals surface area contributed by atoms with Crippen LogP contribution in [0.4, 0.5) is 11.4 Å². The largest absolute Gasteiger partial charge is 0.393 e. The van der Waals surface area contributed by atoms with E-state index in [2.05, 4.69) is 16.3 Å². The molecule has 1 heterocycles. The Kier molecular flexibility index (Phi) is 4.13. The molecule has 0 aliphatic rings. The van der Waals surface area contributed by atoms with E-state index in [0.717, 1.165) is 12.1 Å². The molecule has 100 valence electrons. The SMILES string of the molecule is CN(Cc1ccsc1)Cc1ccc([N+](=O)[O-])c(N)c1. The molecule has 19 heavy (non-hydrogen) atoms. The molecule has 0 radical (unpaired) electrons. The first-order valence-electron chi connectivity index (χ1n) is 5.78. The molecule has 0 unspecified atom stereocenters. The summed E-state index contributed by atoms with van der Waals surface area (Å²) in [6.45, 7) is 1.55. The van der Waals surface area contributed by atoms with Crippen LogP contribution in [0.25, 0.3) is 0 Å². The summed E-state index contributed by atoms with van der Waals surface area (Å²) in [5, 5.41) is 14.8. The molecule has 1 aromatic heterocycles. The molecule has 0 bridgehead atoms. The number of nitro benzene ring substituents is 1. The number of rotatable bonds is 5. The first-order valence-corrected chi connectivity index (χ1v) is 6.73. The summed E-state index contributed by atoms with van der Waals surface area (Å²) in [7, 11) is 2.01. The van der Waals surface area contributed by atoms with Gasteiger partial charge in [0.25, 0.3) is 5.69 Å². The van der Waals surface area contributed by atoms with Crippen molar-refractivity contribution in [1.29, 1.82) is 0 Å². The fourth-order valence-electron chi connectivity index (χ4n) is 1.93. The van der Waals surface area contributed by atoms with Crippen molar-refractivity contribution >= 4 is 22.7 Å². The number of benzene rings is 1. The van der Waals surface area contributed by atoms with Crippen LogP contribution >= 0.6 is 11.3 Å². The number of nitrogens with zero attached hydrogens (tertiary/aromatic N) is 2. The van der Waals surface area contributed by atoms with Crippen LogP contribution in [-0.4, -0.2) is 16.9 Å². The summed E-state index contributed by atoms with van der Waals surface area (Å²) in [5.41, 5.74) is 8.09. The van der Waals surface area contributed by atoms with Crippen LogP contribution in [-0.2, 0) is 13.1 Å². The lowest BCUT2D eigenvalue weighted by Crippen LogP contribution is -2.17. The Hall–Kier alpha value is -1.92. The maximum atomic E-state index is 10.7. The average Bonchev–Trinajstić information content (AvgIpc) is 2.81. The van der Waals surface area contributed by atoms with E-state index in [1.807, 2.05) is 12.4 Å². The van der Waals surface area contributed by atoms with Gasteiger partial charge in [-0.15, -0.1) is 0 Å². The first-order chi connectivity index (χ1) is 9.06. The minimum absolute atomic E-state index is 0.0377. The molecule has 1 aromatic carbocycles. The Labute approximate surface area is 115 Å². The minimum Gasteiger partial charge on any atom is -0.393 e. The van der Waals surface area contributed by atoms with Gasteiger partial charge in [0.05, 0.1) is 4.92 Å². The van der Waals surface area contributed by atoms with Gasteiger partial charge in [-0.05, 0) is 41.1 Å². The zero-order chi connectivity index (χ0) is 13.8. The van der Waals surface area contributed by atoms with E-state index in [0.29, 0.717) is 6.54 Å². The zero-order valence-electron chi connectivity index (χ0n) is 10.6. The van der Waals surface area contributed by atoms with Crippen molar-refractivity contribution in [2.75, 3.05) is 12.8 Å². The summed E-state index contributed by atoms with van der Waals surface area (Å²) >= 11 is 1.67. The van der Waals surface area contributed by atoms with Crippen molar-refractivity contribution in [1.82, 2.24) is 4.90 Å². The monoisotopic (exact) mass is 277 g/mol. The van der Waals surface area contributed by atoms with Gasteiger partial charge in [-0.2, -0.15) is 11.3 Å². The fourth-order valence-corrected chi connectivity index (χ4v) is 2.59. The lowest BCUT2D eigenvalue weighted by molar-refractivity contribution is -0.383. The van der Waals surface area contributed by atoms with Gasteiger partial charge >= 0.3 is 0 Å². The lowest BCUT2D eigenvalue weighted by atomic mass is 10.1. The van der Waals surface area contributed by atoms with E-state index in [1.165, 1.54) is 11.6 Å². The second-order valence-corrected chi connectivity index (χ2v) is 5.23. The van der Waals surface area contributed by atoms with Crippen molar-refractivity contribution in [3.8, 4) is 0 Å². The second kappa shape index (κ2) is 5.81. The molecule has 0 saturated heterocycles. The van der Waals surface area contributed by atoms with E-state index in [-0.39, 0.29) is 11.4 Å². The molecule has 0 aliphatic carbocycles. The Morgan fingerprint density at radius 1 is 1.32 bits per heavy atom. The smallest absolute Gasteiger partial charge is 0.292 e. The standard InChI is InChI=1S/C13H15N3O2S/c1-15(8-11-4-5-19-9-11)7-10-2-3-13(16(17)18)12(14)6-10/h2-6,9H,7-8,14H2,1H3. The molecular formula is C13H15N3O2S. The highest BCUT2D eigenvalue weighted by Gasteiger charge is 2.11. The Balaban J connectivity index is 2.03. The molecule has 5 nitrogen and oxygen atoms in total. The molecule has 0 amide bonds. The predicted molar refractivity (Wildman–Crippen MR) is 77.0 cm³/mol. The van der Waals surface area contributed by atoms with E-state index in [1.54, 1.807) is 23.5 Å². The van der Waals surface area contributed by atoms with Crippen molar-refractivity contribution in [3.05, 3.63) is 56.3 Å². The quantitative estimate of drug-likeness (QED) is 0.518. The number of hydrogen-bond acceptors (Lipinski definition) is 5. The maximum Gasteiger partial charge on any atom is 0.292 e. The second-order valence-electron chi connectivity index (χ2n) is 4.45. The van der Waals surface area contributed by atoms with Crippen LogP contribution in [0.15, 0.2) is 35.0 Å². The summed E-state index contributed by atoms with van der Waals surface area (Å²) in [5.74, 6) is 0.